The molecule has 0 spiro atoms. The van der Waals surface area contributed by atoms with E-state index in [1.54, 1.807) is 6.08 Å². The minimum atomic E-state index is -0.762. The van der Waals surface area contributed by atoms with Crippen molar-refractivity contribution < 1.29 is 19.7 Å². The van der Waals surface area contributed by atoms with Gasteiger partial charge in [0, 0.05) is 18.7 Å². The quantitative estimate of drug-likeness (QED) is 0.302. The lowest BCUT2D eigenvalue weighted by atomic mass is 10.2. The number of aliphatic hydroxyl groups is 2. The molecule has 1 atom stereocenters. The van der Waals surface area contributed by atoms with Crippen LogP contribution in [0.15, 0.2) is 11.6 Å². The lowest BCUT2D eigenvalue weighted by molar-refractivity contribution is -0.136. The Morgan fingerprint density at radius 1 is 1.60 bits per heavy atom. The fourth-order valence-corrected chi connectivity index (χ4v) is 1.01. The smallest absolute Gasteiger partial charge is 0.333 e. The highest BCUT2D eigenvalue weighted by molar-refractivity contribution is 5.88. The molecule has 0 rings (SSSR count). The van der Waals surface area contributed by atoms with E-state index in [1.165, 1.54) is 7.11 Å². The van der Waals surface area contributed by atoms with Gasteiger partial charge in [0.25, 0.3) is 0 Å². The maximum Gasteiger partial charge on any atom is 0.333 e. The number of rotatable bonds is 7. The number of hydrogen-bond donors (Lipinski definition) is 3. The third-order valence-electron chi connectivity index (χ3n) is 1.91. The molecule has 0 aliphatic heterocycles. The first-order valence-electron chi connectivity index (χ1n) is 4.92. The highest BCUT2D eigenvalue weighted by atomic mass is 16.5. The number of esters is 1. The van der Waals surface area contributed by atoms with E-state index in [0.717, 1.165) is 0 Å². The second kappa shape index (κ2) is 8.40. The number of carbonyl (C=O) groups is 1. The van der Waals surface area contributed by atoms with Crippen LogP contribution >= 0.6 is 0 Å². The average Bonchev–Trinajstić information content (AvgIpc) is 2.27. The molecule has 0 radical (unpaired) electrons. The van der Waals surface area contributed by atoms with Crippen LogP contribution in [0.25, 0.3) is 0 Å². The van der Waals surface area contributed by atoms with Gasteiger partial charge < -0.3 is 20.3 Å². The summed E-state index contributed by atoms with van der Waals surface area (Å²) in [4.78, 5) is 11.1. The van der Waals surface area contributed by atoms with Crippen LogP contribution < -0.4 is 5.32 Å². The molecule has 3 N–H and O–H groups in total. The SMILES string of the molecule is CCC(=CCNCC(O)CO)C(=O)OC. The molecule has 0 aromatic carbocycles. The van der Waals surface area contributed by atoms with Crippen molar-refractivity contribution in [2.45, 2.75) is 19.4 Å². The first-order chi connectivity index (χ1) is 7.15. The summed E-state index contributed by atoms with van der Waals surface area (Å²) in [6, 6.07) is 0. The molecule has 0 aromatic heterocycles. The van der Waals surface area contributed by atoms with E-state index in [1.807, 2.05) is 6.92 Å². The minimum Gasteiger partial charge on any atom is -0.466 e. The summed E-state index contributed by atoms with van der Waals surface area (Å²) in [6.07, 6.45) is 1.56. The van der Waals surface area contributed by atoms with Crippen molar-refractivity contribution in [3.63, 3.8) is 0 Å². The second-order valence-corrected chi connectivity index (χ2v) is 3.07. The topological polar surface area (TPSA) is 78.8 Å². The van der Waals surface area contributed by atoms with Gasteiger partial charge >= 0.3 is 5.97 Å². The zero-order valence-corrected chi connectivity index (χ0v) is 9.19. The van der Waals surface area contributed by atoms with Gasteiger partial charge in [-0.25, -0.2) is 4.79 Å². The van der Waals surface area contributed by atoms with Gasteiger partial charge in [-0.3, -0.25) is 0 Å². The van der Waals surface area contributed by atoms with Gasteiger partial charge in [-0.2, -0.15) is 0 Å². The molecule has 5 heteroatoms. The highest BCUT2D eigenvalue weighted by Gasteiger charge is 2.06. The maximum atomic E-state index is 11.1. The number of nitrogens with one attached hydrogen (secondary N) is 1. The molecule has 0 fully saturated rings. The van der Waals surface area contributed by atoms with Crippen molar-refractivity contribution in [2.75, 3.05) is 26.8 Å². The molecule has 0 bridgehead atoms. The van der Waals surface area contributed by atoms with Crippen LogP contribution in [0, 0.1) is 0 Å². The van der Waals surface area contributed by atoms with Gasteiger partial charge in [0.1, 0.15) is 0 Å². The predicted molar refractivity (Wildman–Crippen MR) is 56.4 cm³/mol. The molecule has 0 heterocycles. The highest BCUT2D eigenvalue weighted by Crippen LogP contribution is 2.01. The molecule has 0 aliphatic rings. The van der Waals surface area contributed by atoms with Crippen molar-refractivity contribution >= 4 is 5.97 Å². The monoisotopic (exact) mass is 217 g/mol. The summed E-state index contributed by atoms with van der Waals surface area (Å²) in [5.41, 5.74) is 0.600. The van der Waals surface area contributed by atoms with Crippen LogP contribution in [0.3, 0.4) is 0 Å². The molecule has 0 saturated carbocycles. The molecule has 15 heavy (non-hydrogen) atoms. The standard InChI is InChI=1S/C10H19NO4/c1-3-8(10(14)15-2)4-5-11-6-9(13)7-12/h4,9,11-13H,3,5-7H2,1-2H3. The van der Waals surface area contributed by atoms with E-state index in [2.05, 4.69) is 10.1 Å². The maximum absolute atomic E-state index is 11.1. The molecular weight excluding hydrogens is 198 g/mol. The van der Waals surface area contributed by atoms with Gasteiger partial charge in [-0.1, -0.05) is 13.0 Å². The molecule has 5 nitrogen and oxygen atoms in total. The molecule has 1 unspecified atom stereocenters. The average molecular weight is 217 g/mol. The van der Waals surface area contributed by atoms with Crippen LogP contribution in [0.1, 0.15) is 13.3 Å². The first-order valence-corrected chi connectivity index (χ1v) is 4.92. The number of aliphatic hydroxyl groups excluding tert-OH is 2. The summed E-state index contributed by atoms with van der Waals surface area (Å²) >= 11 is 0. The van der Waals surface area contributed by atoms with Crippen LogP contribution in [0.5, 0.6) is 0 Å². The van der Waals surface area contributed by atoms with E-state index < -0.39 is 6.10 Å². The molecular formula is C10H19NO4. The predicted octanol–water partition coefficient (Wildman–Crippen LogP) is -0.561. The van der Waals surface area contributed by atoms with Crippen LogP contribution in [-0.4, -0.2) is 49.1 Å². The molecule has 0 aromatic rings. The van der Waals surface area contributed by atoms with Crippen molar-refractivity contribution in [3.8, 4) is 0 Å². The zero-order chi connectivity index (χ0) is 11.7. The molecule has 0 saturated heterocycles. The third-order valence-corrected chi connectivity index (χ3v) is 1.91. The summed E-state index contributed by atoms with van der Waals surface area (Å²) in [7, 11) is 1.34. The Balaban J connectivity index is 3.86. The Morgan fingerprint density at radius 3 is 2.73 bits per heavy atom. The van der Waals surface area contributed by atoms with E-state index >= 15 is 0 Å². The zero-order valence-electron chi connectivity index (χ0n) is 9.19. The van der Waals surface area contributed by atoms with E-state index in [4.69, 9.17) is 10.2 Å². The van der Waals surface area contributed by atoms with Gasteiger partial charge in [0.05, 0.1) is 19.8 Å². The van der Waals surface area contributed by atoms with Crippen molar-refractivity contribution in [1.82, 2.24) is 5.32 Å². The summed E-state index contributed by atoms with van der Waals surface area (Å²) < 4.78 is 4.58. The van der Waals surface area contributed by atoms with E-state index in [9.17, 15) is 4.79 Å². The lowest BCUT2D eigenvalue weighted by Gasteiger charge is -2.07. The number of hydrogen-bond acceptors (Lipinski definition) is 5. The lowest BCUT2D eigenvalue weighted by Crippen LogP contribution is -2.29. The van der Waals surface area contributed by atoms with Crippen molar-refractivity contribution in [1.29, 1.82) is 0 Å². The third kappa shape index (κ3) is 6.22. The fraction of sp³-hybridized carbons (Fsp3) is 0.700. The Hall–Kier alpha value is -0.910. The normalized spacial score (nSPS) is 13.7. The summed E-state index contributed by atoms with van der Waals surface area (Å²) in [5, 5.41) is 20.4. The van der Waals surface area contributed by atoms with Gasteiger partial charge in [-0.15, -0.1) is 0 Å². The second-order valence-electron chi connectivity index (χ2n) is 3.07. The number of ether oxygens (including phenoxy) is 1. The number of methoxy groups -OCH3 is 1. The first kappa shape index (κ1) is 14.1. The van der Waals surface area contributed by atoms with Gasteiger partial charge in [0.15, 0.2) is 0 Å². The van der Waals surface area contributed by atoms with Crippen molar-refractivity contribution in [2.24, 2.45) is 0 Å². The van der Waals surface area contributed by atoms with E-state index in [-0.39, 0.29) is 12.6 Å². The number of carbonyl (C=O) groups excluding carboxylic acids is 1. The molecule has 88 valence electrons. The van der Waals surface area contributed by atoms with Gasteiger partial charge in [0.2, 0.25) is 0 Å². The van der Waals surface area contributed by atoms with Crippen LogP contribution in [0.2, 0.25) is 0 Å². The molecule has 0 amide bonds. The Bertz CT molecular complexity index is 215. The largest absolute Gasteiger partial charge is 0.466 e. The fourth-order valence-electron chi connectivity index (χ4n) is 1.01. The van der Waals surface area contributed by atoms with Crippen LogP contribution in [-0.2, 0) is 9.53 Å². The van der Waals surface area contributed by atoms with Gasteiger partial charge in [-0.05, 0) is 6.42 Å². The van der Waals surface area contributed by atoms with Crippen LogP contribution in [0.4, 0.5) is 0 Å². The Kier molecular flexibility index (Phi) is 7.89. The Morgan fingerprint density at radius 2 is 2.27 bits per heavy atom. The minimum absolute atomic E-state index is 0.269. The molecule has 0 aliphatic carbocycles. The summed E-state index contributed by atoms with van der Waals surface area (Å²) in [6.45, 7) is 2.36. The summed E-state index contributed by atoms with van der Waals surface area (Å²) in [5.74, 6) is -0.331. The Labute approximate surface area is 89.7 Å². The van der Waals surface area contributed by atoms with Crippen molar-refractivity contribution in [3.05, 3.63) is 11.6 Å². The van der Waals surface area contributed by atoms with E-state index in [0.29, 0.717) is 25.1 Å².